The van der Waals surface area contributed by atoms with Crippen LogP contribution in [0.2, 0.25) is 0 Å². The van der Waals surface area contributed by atoms with Crippen molar-refractivity contribution in [2.45, 2.75) is 20.8 Å². The van der Waals surface area contributed by atoms with Gasteiger partial charge in [0.05, 0.1) is 5.56 Å². The summed E-state index contributed by atoms with van der Waals surface area (Å²) >= 11 is 0. The Hall–Kier alpha value is -3.55. The lowest BCUT2D eigenvalue weighted by Crippen LogP contribution is -2.43. The fraction of sp³-hybridized carbons (Fsp3) is 0.211. The first-order valence-corrected chi connectivity index (χ1v) is 8.17. The van der Waals surface area contributed by atoms with E-state index in [1.54, 1.807) is 39.0 Å². The summed E-state index contributed by atoms with van der Waals surface area (Å²) in [5.41, 5.74) is 5.61. The van der Waals surface area contributed by atoms with Gasteiger partial charge in [0.1, 0.15) is 22.9 Å². The number of amides is 2. The quantitative estimate of drug-likeness (QED) is 0.538. The normalized spacial score (nSPS) is 10.6. The van der Waals surface area contributed by atoms with E-state index >= 15 is 0 Å². The van der Waals surface area contributed by atoms with Crippen LogP contribution >= 0.6 is 0 Å². The minimum Gasteiger partial charge on any atom is -0.484 e. The van der Waals surface area contributed by atoms with Crippen molar-refractivity contribution in [2.75, 3.05) is 6.61 Å². The Morgan fingerprint density at radius 2 is 1.81 bits per heavy atom. The van der Waals surface area contributed by atoms with Crippen molar-refractivity contribution in [1.29, 1.82) is 0 Å². The number of nitrogens with one attached hydrogen (secondary N) is 2. The molecule has 3 rings (SSSR count). The van der Waals surface area contributed by atoms with Crippen molar-refractivity contribution in [1.82, 2.24) is 10.9 Å². The van der Waals surface area contributed by atoms with Crippen LogP contribution in [-0.4, -0.2) is 18.4 Å². The molecule has 2 heterocycles. The second kappa shape index (κ2) is 7.36. The standard InChI is InChI=1S/C19H18N2O6/c1-10-6-18(23)27-16-8-13(4-5-14(10)16)25-9-17(22)20-21-19(24)15-7-11(2)26-12(15)3/h4-8H,9H2,1-3H3,(H,20,22)(H,21,24). The van der Waals surface area contributed by atoms with E-state index in [0.29, 0.717) is 28.4 Å². The van der Waals surface area contributed by atoms with E-state index in [2.05, 4.69) is 10.9 Å². The Bertz CT molecular complexity index is 1080. The molecule has 0 saturated heterocycles. The highest BCUT2D eigenvalue weighted by Crippen LogP contribution is 2.22. The average Bonchev–Trinajstić information content (AvgIpc) is 2.95. The van der Waals surface area contributed by atoms with E-state index < -0.39 is 17.4 Å². The van der Waals surface area contributed by atoms with Gasteiger partial charge in [0, 0.05) is 17.5 Å². The van der Waals surface area contributed by atoms with Gasteiger partial charge in [-0.15, -0.1) is 0 Å². The first-order valence-electron chi connectivity index (χ1n) is 8.17. The predicted molar refractivity (Wildman–Crippen MR) is 96.5 cm³/mol. The number of ether oxygens (including phenoxy) is 1. The van der Waals surface area contributed by atoms with Crippen LogP contribution in [0, 0.1) is 20.8 Å². The Morgan fingerprint density at radius 1 is 1.04 bits per heavy atom. The van der Waals surface area contributed by atoms with Gasteiger partial charge in [0.15, 0.2) is 6.61 Å². The third-order valence-electron chi connectivity index (χ3n) is 3.89. The van der Waals surface area contributed by atoms with Crippen molar-refractivity contribution in [3.63, 3.8) is 0 Å². The summed E-state index contributed by atoms with van der Waals surface area (Å²) in [6, 6.07) is 7.93. The van der Waals surface area contributed by atoms with E-state index in [1.165, 1.54) is 12.1 Å². The van der Waals surface area contributed by atoms with Crippen LogP contribution in [0.25, 0.3) is 11.0 Å². The summed E-state index contributed by atoms with van der Waals surface area (Å²) in [7, 11) is 0. The van der Waals surface area contributed by atoms with Crippen LogP contribution in [0.15, 0.2) is 44.0 Å². The van der Waals surface area contributed by atoms with E-state index in [9.17, 15) is 14.4 Å². The highest BCUT2D eigenvalue weighted by Gasteiger charge is 2.14. The molecule has 2 amide bonds. The number of benzene rings is 1. The van der Waals surface area contributed by atoms with E-state index in [1.807, 2.05) is 0 Å². The lowest BCUT2D eigenvalue weighted by atomic mass is 10.1. The van der Waals surface area contributed by atoms with Crippen LogP contribution in [0.3, 0.4) is 0 Å². The maximum Gasteiger partial charge on any atom is 0.336 e. The molecule has 0 unspecified atom stereocenters. The number of hydrazine groups is 1. The molecule has 0 saturated carbocycles. The number of hydrogen-bond donors (Lipinski definition) is 2. The van der Waals surface area contributed by atoms with Crippen molar-refractivity contribution in [3.05, 3.63) is 63.4 Å². The summed E-state index contributed by atoms with van der Waals surface area (Å²) in [6.07, 6.45) is 0. The molecule has 0 bridgehead atoms. The first kappa shape index (κ1) is 18.2. The van der Waals surface area contributed by atoms with Crippen molar-refractivity contribution in [2.24, 2.45) is 0 Å². The SMILES string of the molecule is Cc1cc(C(=O)NNC(=O)COc2ccc3c(C)cc(=O)oc3c2)c(C)o1. The smallest absolute Gasteiger partial charge is 0.336 e. The van der Waals surface area contributed by atoms with Gasteiger partial charge < -0.3 is 13.6 Å². The summed E-state index contributed by atoms with van der Waals surface area (Å²) < 4.78 is 15.8. The summed E-state index contributed by atoms with van der Waals surface area (Å²) in [5.74, 6) is 0.389. The number of fused-ring (bicyclic) bond motifs is 1. The fourth-order valence-electron chi connectivity index (χ4n) is 2.63. The number of furan rings is 1. The third kappa shape index (κ3) is 4.17. The molecule has 140 valence electrons. The number of carbonyl (C=O) groups excluding carboxylic acids is 2. The van der Waals surface area contributed by atoms with Gasteiger partial charge in [-0.05, 0) is 44.5 Å². The minimum absolute atomic E-state index is 0.328. The maximum absolute atomic E-state index is 12.0. The predicted octanol–water partition coefficient (Wildman–Crippen LogP) is 2.15. The largest absolute Gasteiger partial charge is 0.484 e. The van der Waals surface area contributed by atoms with Gasteiger partial charge in [-0.2, -0.15) is 0 Å². The zero-order valence-electron chi connectivity index (χ0n) is 15.0. The van der Waals surface area contributed by atoms with Crippen molar-refractivity contribution < 1.29 is 23.2 Å². The number of aryl methyl sites for hydroxylation is 3. The number of hydrogen-bond acceptors (Lipinski definition) is 6. The maximum atomic E-state index is 12.0. The van der Waals surface area contributed by atoms with E-state index in [0.717, 1.165) is 10.9 Å². The fourth-order valence-corrected chi connectivity index (χ4v) is 2.63. The summed E-state index contributed by atoms with van der Waals surface area (Å²) in [4.78, 5) is 35.3. The van der Waals surface area contributed by atoms with Crippen LogP contribution in [0.4, 0.5) is 0 Å². The lowest BCUT2D eigenvalue weighted by Gasteiger charge is -2.09. The monoisotopic (exact) mass is 370 g/mol. The molecule has 0 aliphatic rings. The first-order chi connectivity index (χ1) is 12.8. The molecule has 3 aromatic rings. The second-order valence-electron chi connectivity index (χ2n) is 6.02. The van der Waals surface area contributed by atoms with Gasteiger partial charge in [-0.3, -0.25) is 20.4 Å². The molecular formula is C19H18N2O6. The molecule has 0 atom stereocenters. The van der Waals surface area contributed by atoms with Crippen molar-refractivity contribution in [3.8, 4) is 5.75 Å². The molecule has 8 nitrogen and oxygen atoms in total. The molecule has 27 heavy (non-hydrogen) atoms. The zero-order chi connectivity index (χ0) is 19.6. The molecule has 0 radical (unpaired) electrons. The highest BCUT2D eigenvalue weighted by atomic mass is 16.5. The lowest BCUT2D eigenvalue weighted by molar-refractivity contribution is -0.123. The number of rotatable bonds is 4. The molecule has 0 spiro atoms. The topological polar surface area (TPSA) is 111 Å². The Morgan fingerprint density at radius 3 is 2.52 bits per heavy atom. The second-order valence-corrected chi connectivity index (χ2v) is 6.02. The molecular weight excluding hydrogens is 352 g/mol. The molecule has 2 N–H and O–H groups in total. The van der Waals surface area contributed by atoms with Gasteiger partial charge >= 0.3 is 5.63 Å². The van der Waals surface area contributed by atoms with Gasteiger partial charge in [-0.25, -0.2) is 4.79 Å². The molecule has 2 aromatic heterocycles. The Labute approximate surface area is 154 Å². The van der Waals surface area contributed by atoms with Gasteiger partial charge in [0.2, 0.25) is 0 Å². The molecule has 0 aliphatic heterocycles. The van der Waals surface area contributed by atoms with Gasteiger partial charge in [-0.1, -0.05) is 0 Å². The highest BCUT2D eigenvalue weighted by molar-refractivity contribution is 5.96. The molecule has 8 heteroatoms. The Kier molecular flexibility index (Phi) is 4.98. The van der Waals surface area contributed by atoms with Gasteiger partial charge in [0.25, 0.3) is 11.8 Å². The third-order valence-corrected chi connectivity index (χ3v) is 3.89. The summed E-state index contributed by atoms with van der Waals surface area (Å²) in [6.45, 7) is 4.86. The Balaban J connectivity index is 1.57. The van der Waals surface area contributed by atoms with Crippen molar-refractivity contribution >= 4 is 22.8 Å². The summed E-state index contributed by atoms with van der Waals surface area (Å²) in [5, 5.41) is 0.782. The number of carbonyl (C=O) groups is 2. The van der Waals surface area contributed by atoms with Crippen LogP contribution in [0.1, 0.15) is 27.4 Å². The zero-order valence-corrected chi connectivity index (χ0v) is 15.0. The van der Waals surface area contributed by atoms with Crippen LogP contribution < -0.4 is 21.2 Å². The minimum atomic E-state index is -0.549. The van der Waals surface area contributed by atoms with E-state index in [4.69, 9.17) is 13.6 Å². The van der Waals surface area contributed by atoms with Crippen LogP contribution in [-0.2, 0) is 4.79 Å². The molecule has 0 aliphatic carbocycles. The van der Waals surface area contributed by atoms with E-state index in [-0.39, 0.29) is 6.61 Å². The molecule has 0 fully saturated rings. The van der Waals surface area contributed by atoms with Crippen LogP contribution in [0.5, 0.6) is 5.75 Å². The average molecular weight is 370 g/mol. The molecule has 1 aromatic carbocycles.